The second kappa shape index (κ2) is 7.60. The number of benzene rings is 1. The van der Waals surface area contributed by atoms with Gasteiger partial charge in [0.1, 0.15) is 23.5 Å². The van der Waals surface area contributed by atoms with Crippen LogP contribution in [0.1, 0.15) is 6.42 Å². The Hall–Kier alpha value is -2.87. The zero-order valence-electron chi connectivity index (χ0n) is 13.1. The zero-order valence-corrected chi connectivity index (χ0v) is 13.1. The SMILES string of the molecule is COCCCNc1ncncc1-c1nc(-c2ccccc2F)no1. The number of methoxy groups -OCH3 is 1. The van der Waals surface area contributed by atoms with E-state index in [9.17, 15) is 4.39 Å². The molecule has 0 aliphatic heterocycles. The third-order valence-electron chi connectivity index (χ3n) is 3.30. The number of hydrogen-bond donors (Lipinski definition) is 1. The molecule has 24 heavy (non-hydrogen) atoms. The Labute approximate surface area is 137 Å². The van der Waals surface area contributed by atoms with Gasteiger partial charge in [0.15, 0.2) is 0 Å². The Morgan fingerprint density at radius 1 is 1.25 bits per heavy atom. The van der Waals surface area contributed by atoms with Gasteiger partial charge in [-0.25, -0.2) is 14.4 Å². The van der Waals surface area contributed by atoms with Crippen LogP contribution >= 0.6 is 0 Å². The van der Waals surface area contributed by atoms with Crippen molar-refractivity contribution in [3.05, 3.63) is 42.6 Å². The molecule has 7 nitrogen and oxygen atoms in total. The summed E-state index contributed by atoms with van der Waals surface area (Å²) in [7, 11) is 1.65. The van der Waals surface area contributed by atoms with Gasteiger partial charge in [0.25, 0.3) is 5.89 Å². The Morgan fingerprint density at radius 2 is 2.12 bits per heavy atom. The molecule has 0 spiro atoms. The van der Waals surface area contributed by atoms with Gasteiger partial charge in [0.2, 0.25) is 5.82 Å². The molecule has 0 atom stereocenters. The van der Waals surface area contributed by atoms with E-state index in [-0.39, 0.29) is 17.3 Å². The summed E-state index contributed by atoms with van der Waals surface area (Å²) in [5.41, 5.74) is 0.837. The lowest BCUT2D eigenvalue weighted by molar-refractivity contribution is 0.198. The number of nitrogens with one attached hydrogen (secondary N) is 1. The first-order valence-corrected chi connectivity index (χ1v) is 7.41. The molecule has 3 rings (SSSR count). The van der Waals surface area contributed by atoms with E-state index in [0.717, 1.165) is 6.42 Å². The van der Waals surface area contributed by atoms with Crippen molar-refractivity contribution >= 4 is 5.82 Å². The lowest BCUT2D eigenvalue weighted by Crippen LogP contribution is -2.07. The largest absolute Gasteiger partial charge is 0.385 e. The summed E-state index contributed by atoms with van der Waals surface area (Å²) in [6.45, 7) is 1.32. The van der Waals surface area contributed by atoms with Crippen molar-refractivity contribution in [1.82, 2.24) is 20.1 Å². The smallest absolute Gasteiger partial charge is 0.263 e. The van der Waals surface area contributed by atoms with E-state index in [1.807, 2.05) is 0 Å². The van der Waals surface area contributed by atoms with Crippen LogP contribution in [0, 0.1) is 5.82 Å². The molecular weight excluding hydrogens is 313 g/mol. The molecule has 0 radical (unpaired) electrons. The minimum Gasteiger partial charge on any atom is -0.385 e. The molecule has 0 aliphatic carbocycles. The van der Waals surface area contributed by atoms with Crippen LogP contribution in [-0.2, 0) is 4.74 Å². The van der Waals surface area contributed by atoms with Crippen molar-refractivity contribution < 1.29 is 13.7 Å². The maximum atomic E-state index is 13.8. The minimum absolute atomic E-state index is 0.178. The van der Waals surface area contributed by atoms with Crippen molar-refractivity contribution in [1.29, 1.82) is 0 Å². The van der Waals surface area contributed by atoms with Gasteiger partial charge in [-0.1, -0.05) is 17.3 Å². The summed E-state index contributed by atoms with van der Waals surface area (Å²) < 4.78 is 24.1. The van der Waals surface area contributed by atoms with Crippen LogP contribution in [-0.4, -0.2) is 40.4 Å². The molecule has 0 amide bonds. The monoisotopic (exact) mass is 329 g/mol. The van der Waals surface area contributed by atoms with E-state index < -0.39 is 5.82 Å². The average molecular weight is 329 g/mol. The van der Waals surface area contributed by atoms with E-state index in [1.54, 1.807) is 31.5 Å². The molecule has 1 aromatic carbocycles. The van der Waals surface area contributed by atoms with Gasteiger partial charge in [-0.15, -0.1) is 0 Å². The second-order valence-electron chi connectivity index (χ2n) is 4.96. The van der Waals surface area contributed by atoms with Crippen LogP contribution in [0.4, 0.5) is 10.2 Å². The molecule has 0 saturated heterocycles. The first-order valence-electron chi connectivity index (χ1n) is 7.41. The fraction of sp³-hybridized carbons (Fsp3) is 0.250. The fourth-order valence-corrected chi connectivity index (χ4v) is 2.14. The van der Waals surface area contributed by atoms with Crippen LogP contribution in [0.3, 0.4) is 0 Å². The maximum absolute atomic E-state index is 13.8. The summed E-state index contributed by atoms with van der Waals surface area (Å²) in [6.07, 6.45) is 3.82. The van der Waals surface area contributed by atoms with Crippen LogP contribution < -0.4 is 5.32 Å². The topological polar surface area (TPSA) is 86.0 Å². The Morgan fingerprint density at radius 3 is 2.96 bits per heavy atom. The highest BCUT2D eigenvalue weighted by atomic mass is 19.1. The van der Waals surface area contributed by atoms with E-state index >= 15 is 0 Å². The van der Waals surface area contributed by atoms with E-state index in [1.165, 1.54) is 12.4 Å². The number of aromatic nitrogens is 4. The minimum atomic E-state index is -0.410. The third kappa shape index (κ3) is 3.54. The molecule has 2 heterocycles. The first kappa shape index (κ1) is 16.0. The molecule has 1 N–H and O–H groups in total. The maximum Gasteiger partial charge on any atom is 0.263 e. The molecular formula is C16H16FN5O2. The van der Waals surface area contributed by atoms with Crippen molar-refractivity contribution in [2.45, 2.75) is 6.42 Å². The molecule has 0 fully saturated rings. The molecule has 124 valence electrons. The van der Waals surface area contributed by atoms with Crippen molar-refractivity contribution in [2.24, 2.45) is 0 Å². The van der Waals surface area contributed by atoms with Crippen molar-refractivity contribution in [3.8, 4) is 22.8 Å². The third-order valence-corrected chi connectivity index (χ3v) is 3.30. The standard InChI is InChI=1S/C16H16FN5O2/c1-23-8-4-7-19-14-12(9-18-10-20-14)16-21-15(22-24-16)11-5-2-3-6-13(11)17/h2-3,5-6,9-10H,4,7-8H2,1H3,(H,18,19,20). The summed E-state index contributed by atoms with van der Waals surface area (Å²) in [5.74, 6) is 0.567. The summed E-state index contributed by atoms with van der Waals surface area (Å²) >= 11 is 0. The molecule has 0 unspecified atom stereocenters. The van der Waals surface area contributed by atoms with Crippen LogP contribution in [0.5, 0.6) is 0 Å². The number of rotatable bonds is 7. The van der Waals surface area contributed by atoms with E-state index in [2.05, 4.69) is 25.4 Å². The summed E-state index contributed by atoms with van der Waals surface area (Å²) in [5, 5.41) is 7.02. The quantitative estimate of drug-likeness (QED) is 0.667. The predicted octanol–water partition coefficient (Wildman–Crippen LogP) is 2.78. The highest BCUT2D eigenvalue weighted by molar-refractivity contribution is 5.69. The summed E-state index contributed by atoms with van der Waals surface area (Å²) in [6, 6.07) is 6.25. The van der Waals surface area contributed by atoms with Gasteiger partial charge in [0, 0.05) is 26.5 Å². The first-order chi connectivity index (χ1) is 11.8. The number of anilines is 1. The van der Waals surface area contributed by atoms with E-state index in [4.69, 9.17) is 9.26 Å². The molecule has 3 aromatic rings. The lowest BCUT2D eigenvalue weighted by atomic mass is 10.2. The number of nitrogens with zero attached hydrogens (tertiary/aromatic N) is 4. The van der Waals surface area contributed by atoms with Gasteiger partial charge in [-0.05, 0) is 18.6 Å². The number of halogens is 1. The Balaban J connectivity index is 1.84. The highest BCUT2D eigenvalue weighted by Gasteiger charge is 2.17. The van der Waals surface area contributed by atoms with Crippen molar-refractivity contribution in [3.63, 3.8) is 0 Å². The number of ether oxygens (including phenoxy) is 1. The summed E-state index contributed by atoms with van der Waals surface area (Å²) in [4.78, 5) is 12.4. The predicted molar refractivity (Wildman–Crippen MR) is 85.7 cm³/mol. The molecule has 2 aromatic heterocycles. The molecule has 0 aliphatic rings. The van der Waals surface area contributed by atoms with Gasteiger partial charge in [0.05, 0.1) is 5.56 Å². The average Bonchev–Trinajstić information content (AvgIpc) is 3.09. The molecule has 0 bridgehead atoms. The van der Waals surface area contributed by atoms with Gasteiger partial charge in [-0.3, -0.25) is 0 Å². The normalized spacial score (nSPS) is 10.8. The van der Waals surface area contributed by atoms with Crippen molar-refractivity contribution in [2.75, 3.05) is 25.6 Å². The van der Waals surface area contributed by atoms with E-state index in [0.29, 0.717) is 24.5 Å². The second-order valence-corrected chi connectivity index (χ2v) is 4.96. The highest BCUT2D eigenvalue weighted by Crippen LogP contribution is 2.27. The van der Waals surface area contributed by atoms with Gasteiger partial charge < -0.3 is 14.6 Å². The number of hydrogen-bond acceptors (Lipinski definition) is 7. The Bertz CT molecular complexity index is 808. The Kier molecular flexibility index (Phi) is 5.07. The lowest BCUT2D eigenvalue weighted by Gasteiger charge is -2.07. The van der Waals surface area contributed by atoms with Crippen LogP contribution in [0.15, 0.2) is 41.3 Å². The van der Waals surface area contributed by atoms with Gasteiger partial charge in [-0.2, -0.15) is 4.98 Å². The van der Waals surface area contributed by atoms with Crippen LogP contribution in [0.25, 0.3) is 22.8 Å². The zero-order chi connectivity index (χ0) is 16.8. The van der Waals surface area contributed by atoms with Crippen LogP contribution in [0.2, 0.25) is 0 Å². The molecule has 8 heteroatoms. The van der Waals surface area contributed by atoms with Gasteiger partial charge >= 0.3 is 0 Å². The fourth-order valence-electron chi connectivity index (χ4n) is 2.14. The molecule has 0 saturated carbocycles.